The third-order valence-corrected chi connectivity index (χ3v) is 6.40. The number of aromatic nitrogens is 3. The van der Waals surface area contributed by atoms with Crippen molar-refractivity contribution in [1.82, 2.24) is 14.8 Å². The zero-order chi connectivity index (χ0) is 21.7. The van der Waals surface area contributed by atoms with Gasteiger partial charge in [-0.3, -0.25) is 10.1 Å². The zero-order valence-electron chi connectivity index (χ0n) is 17.4. The summed E-state index contributed by atoms with van der Waals surface area (Å²) in [6.07, 6.45) is 0. The molecule has 158 valence electrons. The minimum Gasteiger partial charge on any atom is -0.461 e. The maximum Gasteiger partial charge on any atom is 0.355 e. The number of rotatable bonds is 8. The molecule has 0 aliphatic heterocycles. The van der Waals surface area contributed by atoms with Gasteiger partial charge in [-0.1, -0.05) is 60.4 Å². The van der Waals surface area contributed by atoms with Crippen molar-refractivity contribution < 1.29 is 14.3 Å². The van der Waals surface area contributed by atoms with Crippen molar-refractivity contribution in [2.24, 2.45) is 0 Å². The van der Waals surface area contributed by atoms with Crippen LogP contribution in [-0.4, -0.2) is 39.0 Å². The Morgan fingerprint density at radius 2 is 1.90 bits per heavy atom. The first-order chi connectivity index (χ1) is 14.5. The Morgan fingerprint density at radius 1 is 1.17 bits per heavy atom. The maximum absolute atomic E-state index is 13.1. The molecule has 1 aromatic carbocycles. The van der Waals surface area contributed by atoms with Gasteiger partial charge in [0.15, 0.2) is 4.34 Å². The molecule has 0 spiro atoms. The number of anilines is 1. The molecular weight excluding hydrogens is 420 g/mol. The van der Waals surface area contributed by atoms with Crippen LogP contribution >= 0.6 is 23.1 Å². The average molecular weight is 445 g/mol. The van der Waals surface area contributed by atoms with E-state index in [0.29, 0.717) is 34.2 Å². The molecule has 30 heavy (non-hydrogen) atoms. The summed E-state index contributed by atoms with van der Waals surface area (Å²) in [5.41, 5.74) is 3.16. The third-order valence-electron chi connectivity index (χ3n) is 4.54. The van der Waals surface area contributed by atoms with Gasteiger partial charge in [-0.05, 0) is 37.7 Å². The molecule has 0 aliphatic rings. The third kappa shape index (κ3) is 4.73. The molecule has 1 N–H and O–H groups in total. The molecule has 0 saturated heterocycles. The number of carbonyl (C=O) groups is 2. The van der Waals surface area contributed by atoms with Gasteiger partial charge >= 0.3 is 5.97 Å². The molecule has 2 aromatic heterocycles. The van der Waals surface area contributed by atoms with Gasteiger partial charge in [-0.15, -0.1) is 10.2 Å². The molecule has 0 radical (unpaired) electrons. The van der Waals surface area contributed by atoms with Crippen molar-refractivity contribution >= 4 is 40.1 Å². The lowest BCUT2D eigenvalue weighted by Gasteiger charge is -2.12. The van der Waals surface area contributed by atoms with Crippen LogP contribution in [0.25, 0.3) is 0 Å². The summed E-state index contributed by atoms with van der Waals surface area (Å²) in [6, 6.07) is 9.80. The number of esters is 1. The highest BCUT2D eigenvalue weighted by Crippen LogP contribution is 2.28. The molecule has 1 amide bonds. The van der Waals surface area contributed by atoms with Gasteiger partial charge in [-0.2, -0.15) is 0 Å². The molecule has 0 fully saturated rings. The van der Waals surface area contributed by atoms with Gasteiger partial charge < -0.3 is 9.30 Å². The minimum absolute atomic E-state index is 0.262. The van der Waals surface area contributed by atoms with Crippen molar-refractivity contribution in [3.05, 3.63) is 58.4 Å². The second kappa shape index (κ2) is 9.90. The number of carbonyl (C=O) groups excluding carboxylic acids is 2. The second-order valence-electron chi connectivity index (χ2n) is 6.49. The van der Waals surface area contributed by atoms with Crippen LogP contribution in [0.5, 0.6) is 0 Å². The maximum atomic E-state index is 13.1. The van der Waals surface area contributed by atoms with E-state index in [1.807, 2.05) is 48.7 Å². The fraction of sp³-hybridized carbons (Fsp3) is 0.333. The topological polar surface area (TPSA) is 86.1 Å². The van der Waals surface area contributed by atoms with Crippen LogP contribution in [0, 0.1) is 13.8 Å². The quantitative estimate of drug-likeness (QED) is 0.312. The molecule has 3 aromatic rings. The predicted molar refractivity (Wildman–Crippen MR) is 120 cm³/mol. The zero-order valence-corrected chi connectivity index (χ0v) is 19.0. The first-order valence-electron chi connectivity index (χ1n) is 9.64. The van der Waals surface area contributed by atoms with Crippen LogP contribution in [0.3, 0.4) is 0 Å². The summed E-state index contributed by atoms with van der Waals surface area (Å²) in [6.45, 7) is 8.13. The largest absolute Gasteiger partial charge is 0.461 e. The summed E-state index contributed by atoms with van der Waals surface area (Å²) in [5, 5.41) is 11.4. The second-order valence-corrected chi connectivity index (χ2v) is 8.98. The summed E-state index contributed by atoms with van der Waals surface area (Å²) in [4.78, 5) is 25.8. The Morgan fingerprint density at radius 3 is 2.57 bits per heavy atom. The lowest BCUT2D eigenvalue weighted by molar-refractivity contribution is 0.0513. The molecule has 0 bridgehead atoms. The van der Waals surface area contributed by atoms with Crippen molar-refractivity contribution in [1.29, 1.82) is 0 Å². The Bertz CT molecular complexity index is 1040. The summed E-state index contributed by atoms with van der Waals surface area (Å²) in [7, 11) is 0. The monoisotopic (exact) mass is 444 g/mol. The normalized spacial score (nSPS) is 10.8. The fourth-order valence-corrected chi connectivity index (χ4v) is 4.90. The van der Waals surface area contributed by atoms with Crippen LogP contribution in [-0.2, 0) is 11.3 Å². The van der Waals surface area contributed by atoms with Gasteiger partial charge in [-0.25, -0.2) is 4.79 Å². The minimum atomic E-state index is -0.439. The number of hydrogen-bond acceptors (Lipinski definition) is 7. The summed E-state index contributed by atoms with van der Waals surface area (Å²) in [5.74, 6) is 0.128. The van der Waals surface area contributed by atoms with Crippen LogP contribution in [0.1, 0.15) is 51.5 Å². The number of benzene rings is 1. The van der Waals surface area contributed by atoms with Gasteiger partial charge in [0.05, 0.1) is 12.2 Å². The van der Waals surface area contributed by atoms with Gasteiger partial charge in [0.25, 0.3) is 5.91 Å². The lowest BCUT2D eigenvalue weighted by atomic mass is 10.1. The van der Waals surface area contributed by atoms with Crippen molar-refractivity contribution in [2.75, 3.05) is 17.7 Å². The molecule has 2 heterocycles. The molecule has 0 saturated carbocycles. The highest BCUT2D eigenvalue weighted by molar-refractivity contribution is 8.01. The molecule has 9 heteroatoms. The van der Waals surface area contributed by atoms with Gasteiger partial charge in [0, 0.05) is 12.2 Å². The van der Waals surface area contributed by atoms with Crippen molar-refractivity contribution in [3.8, 4) is 0 Å². The van der Waals surface area contributed by atoms with Crippen LogP contribution in [0.2, 0.25) is 0 Å². The van der Waals surface area contributed by atoms with E-state index in [9.17, 15) is 9.59 Å². The SMILES string of the molecule is CCOC(=O)c1c(C)c(C(=O)Nc2nnc(SCC)s2)c(C)n1Cc1ccccc1. The Kier molecular flexibility index (Phi) is 7.28. The number of thioether (sulfide) groups is 1. The molecular formula is C21H24N4O3S2. The summed E-state index contributed by atoms with van der Waals surface area (Å²) < 4.78 is 7.91. The van der Waals surface area contributed by atoms with Gasteiger partial charge in [0.2, 0.25) is 5.13 Å². The Hall–Kier alpha value is -2.65. The first kappa shape index (κ1) is 22.0. The van der Waals surface area contributed by atoms with E-state index < -0.39 is 5.97 Å². The number of hydrogen-bond donors (Lipinski definition) is 1. The van der Waals surface area contributed by atoms with E-state index in [4.69, 9.17) is 4.74 Å². The van der Waals surface area contributed by atoms with Crippen LogP contribution in [0.4, 0.5) is 5.13 Å². The first-order valence-corrected chi connectivity index (χ1v) is 11.4. The van der Waals surface area contributed by atoms with E-state index in [-0.39, 0.29) is 12.5 Å². The number of nitrogens with one attached hydrogen (secondary N) is 1. The van der Waals surface area contributed by atoms with E-state index >= 15 is 0 Å². The number of ether oxygens (including phenoxy) is 1. The van der Waals surface area contributed by atoms with Crippen molar-refractivity contribution in [2.45, 2.75) is 38.6 Å². The number of amides is 1. The van der Waals surface area contributed by atoms with E-state index in [0.717, 1.165) is 15.7 Å². The lowest BCUT2D eigenvalue weighted by Crippen LogP contribution is -2.15. The van der Waals surface area contributed by atoms with Gasteiger partial charge in [0.1, 0.15) is 5.69 Å². The Balaban J connectivity index is 1.97. The number of nitrogens with zero attached hydrogens (tertiary/aromatic N) is 3. The smallest absolute Gasteiger partial charge is 0.355 e. The predicted octanol–water partition coefficient (Wildman–Crippen LogP) is 4.55. The molecule has 7 nitrogen and oxygen atoms in total. The Labute approximate surface area is 183 Å². The van der Waals surface area contributed by atoms with Crippen LogP contribution < -0.4 is 5.32 Å². The molecule has 0 aliphatic carbocycles. The van der Waals surface area contributed by atoms with E-state index in [2.05, 4.69) is 15.5 Å². The average Bonchev–Trinajstić information content (AvgIpc) is 3.25. The highest BCUT2D eigenvalue weighted by atomic mass is 32.2. The standard InChI is InChI=1S/C21H24N4O3S2/c1-5-28-19(27)17-13(3)16(14(4)25(17)12-15-10-8-7-9-11-15)18(26)22-20-23-24-21(30-20)29-6-2/h7-11H,5-6,12H2,1-4H3,(H,22,23,26). The van der Waals surface area contributed by atoms with Crippen LogP contribution in [0.15, 0.2) is 34.7 Å². The molecule has 3 rings (SSSR count). The summed E-state index contributed by atoms with van der Waals surface area (Å²) >= 11 is 2.90. The fourth-order valence-electron chi connectivity index (χ4n) is 3.26. The highest BCUT2D eigenvalue weighted by Gasteiger charge is 2.27. The van der Waals surface area contributed by atoms with E-state index in [1.54, 1.807) is 25.6 Å². The van der Waals surface area contributed by atoms with Crippen molar-refractivity contribution in [3.63, 3.8) is 0 Å². The van der Waals surface area contributed by atoms with E-state index in [1.165, 1.54) is 11.3 Å². The molecule has 0 atom stereocenters. The molecule has 0 unspecified atom stereocenters.